The average Bonchev–Trinajstić information content (AvgIpc) is 3.92. The van der Waals surface area contributed by atoms with Gasteiger partial charge in [-0.2, -0.15) is 0 Å². The summed E-state index contributed by atoms with van der Waals surface area (Å²) in [6.07, 6.45) is -1.99. The van der Waals surface area contributed by atoms with Crippen LogP contribution in [0.3, 0.4) is 0 Å². The number of carboxylic acid groups (broad SMARTS) is 1. The molecular weight excluding hydrogens is 826 g/mol. The van der Waals surface area contributed by atoms with Crippen LogP contribution in [0.25, 0.3) is 0 Å². The number of methoxy groups -OCH3 is 6. The zero-order chi connectivity index (χ0) is 46.3. The normalized spacial score (nSPS) is 14.4. The van der Waals surface area contributed by atoms with Crippen molar-refractivity contribution >= 4 is 47.8 Å². The van der Waals surface area contributed by atoms with E-state index in [4.69, 9.17) is 33.2 Å². The number of ether oxygens (including phenoxy) is 7. The molecule has 0 fully saturated rings. The minimum Gasteiger partial charge on any atom is -0.477 e. The first kappa shape index (κ1) is 48.9. The molecule has 2 aromatic heterocycles. The summed E-state index contributed by atoms with van der Waals surface area (Å²) in [4.78, 5) is 110. The van der Waals surface area contributed by atoms with Gasteiger partial charge in [-0.15, -0.1) is 0 Å². The second-order valence-electron chi connectivity index (χ2n) is 14.6. The topological polar surface area (TPSA) is 265 Å². The van der Waals surface area contributed by atoms with Gasteiger partial charge in [0.1, 0.15) is 18.0 Å². The summed E-state index contributed by atoms with van der Waals surface area (Å²) in [6, 6.07) is 8.88. The molecule has 0 bridgehead atoms. The van der Waals surface area contributed by atoms with E-state index in [1.165, 1.54) is 42.7 Å². The third kappa shape index (κ3) is 12.7. The van der Waals surface area contributed by atoms with Gasteiger partial charge < -0.3 is 53.5 Å². The number of nitrogens with one attached hydrogen (secondary N) is 3. The number of carbonyl (C=O) groups is 8. The molecule has 0 saturated heterocycles. The van der Waals surface area contributed by atoms with Gasteiger partial charge in [-0.3, -0.25) is 28.8 Å². The SMILES string of the molecule is COC(=O)CCC1=C(CC(=O)OC)C(Cc2[nH]c(C(=O)O)c(CCC(=O)OC)c2CC(=O)OC)(Cc2[nH]c(C(=O)OCc3ccccc3)c(CC(=O)OC)c2CCC(=O)OC)NC1. The largest absolute Gasteiger partial charge is 0.477 e. The van der Waals surface area contributed by atoms with Gasteiger partial charge in [0.15, 0.2) is 0 Å². The molecule has 0 radical (unpaired) electrons. The first-order valence-electron chi connectivity index (χ1n) is 19.9. The molecule has 3 aromatic rings. The molecule has 19 nitrogen and oxygen atoms in total. The molecule has 1 atom stereocenters. The summed E-state index contributed by atoms with van der Waals surface area (Å²) >= 11 is 0. The standard InChI is InChI=1S/C44H53N3O16/c1-57-34(48)15-12-26-23-45-44(31(26)20-39(53)62-6,22-33-29(18-37(51)60-4)28(14-17-36(50)59-3)40(46-33)42(54)55)21-32-27(13-16-35(49)58-2)30(19-38(52)61-5)41(47-32)43(56)63-24-25-10-8-7-9-11-25/h7-11,45-47H,12-24H2,1-6H3,(H,54,55). The summed E-state index contributed by atoms with van der Waals surface area (Å²) in [5, 5.41) is 13.9. The molecule has 0 aliphatic carbocycles. The fraction of sp³-hybridized carbons (Fsp3) is 0.455. The fourth-order valence-corrected chi connectivity index (χ4v) is 7.74. The Morgan fingerprint density at radius 2 is 1.05 bits per heavy atom. The zero-order valence-corrected chi connectivity index (χ0v) is 36.2. The molecule has 340 valence electrons. The zero-order valence-electron chi connectivity index (χ0n) is 36.2. The molecule has 19 heteroatoms. The van der Waals surface area contributed by atoms with Crippen molar-refractivity contribution in [2.24, 2.45) is 0 Å². The lowest BCUT2D eigenvalue weighted by Crippen LogP contribution is -2.48. The summed E-state index contributed by atoms with van der Waals surface area (Å²) in [7, 11) is 7.20. The third-order valence-electron chi connectivity index (χ3n) is 11.0. The number of aromatic nitrogens is 2. The van der Waals surface area contributed by atoms with Crippen LogP contribution in [-0.2, 0) is 107 Å². The van der Waals surface area contributed by atoms with Crippen molar-refractivity contribution in [1.29, 1.82) is 0 Å². The van der Waals surface area contributed by atoms with Gasteiger partial charge >= 0.3 is 47.8 Å². The monoisotopic (exact) mass is 879 g/mol. The number of hydrogen-bond acceptors (Lipinski definition) is 16. The highest BCUT2D eigenvalue weighted by atomic mass is 16.5. The number of carbonyl (C=O) groups excluding carboxylic acids is 7. The smallest absolute Gasteiger partial charge is 0.355 e. The Morgan fingerprint density at radius 1 is 0.571 bits per heavy atom. The van der Waals surface area contributed by atoms with Crippen LogP contribution in [0.1, 0.15) is 92.3 Å². The molecule has 1 aliphatic rings. The van der Waals surface area contributed by atoms with Crippen LogP contribution in [0.4, 0.5) is 0 Å². The van der Waals surface area contributed by atoms with E-state index in [2.05, 4.69) is 15.3 Å². The fourth-order valence-electron chi connectivity index (χ4n) is 7.74. The van der Waals surface area contributed by atoms with Crippen LogP contribution < -0.4 is 5.32 Å². The van der Waals surface area contributed by atoms with Gasteiger partial charge in [0, 0.05) is 50.0 Å². The van der Waals surface area contributed by atoms with Crippen LogP contribution in [0.15, 0.2) is 41.5 Å². The van der Waals surface area contributed by atoms with Crippen molar-refractivity contribution in [3.8, 4) is 0 Å². The molecule has 1 aliphatic heterocycles. The Hall–Kier alpha value is -6.76. The van der Waals surface area contributed by atoms with Gasteiger partial charge in [-0.1, -0.05) is 35.9 Å². The highest BCUT2D eigenvalue weighted by Gasteiger charge is 2.44. The molecule has 4 rings (SSSR count). The maximum atomic E-state index is 14.0. The van der Waals surface area contributed by atoms with E-state index >= 15 is 0 Å². The predicted octanol–water partition coefficient (Wildman–Crippen LogP) is 2.98. The summed E-state index contributed by atoms with van der Waals surface area (Å²) in [6.45, 7) is -0.0131. The van der Waals surface area contributed by atoms with Crippen LogP contribution >= 0.6 is 0 Å². The van der Waals surface area contributed by atoms with Crippen molar-refractivity contribution < 1.29 is 76.6 Å². The Labute approximate surface area is 363 Å². The molecule has 4 N–H and O–H groups in total. The average molecular weight is 880 g/mol. The molecule has 0 spiro atoms. The van der Waals surface area contributed by atoms with Crippen LogP contribution in [0, 0.1) is 0 Å². The number of esters is 7. The van der Waals surface area contributed by atoms with E-state index in [9.17, 15) is 43.5 Å². The maximum Gasteiger partial charge on any atom is 0.355 e. The molecule has 0 amide bonds. The first-order valence-corrected chi connectivity index (χ1v) is 19.9. The first-order chi connectivity index (χ1) is 30.1. The number of H-pyrrole nitrogens is 2. The summed E-state index contributed by atoms with van der Waals surface area (Å²) in [5.74, 6) is -6.04. The second kappa shape index (κ2) is 22.9. The Balaban J connectivity index is 2.04. The van der Waals surface area contributed by atoms with Gasteiger partial charge in [0.2, 0.25) is 0 Å². The van der Waals surface area contributed by atoms with Crippen molar-refractivity contribution in [2.75, 3.05) is 49.2 Å². The Morgan fingerprint density at radius 3 is 1.59 bits per heavy atom. The number of benzene rings is 1. The van der Waals surface area contributed by atoms with Crippen molar-refractivity contribution in [3.63, 3.8) is 0 Å². The molecule has 1 aromatic carbocycles. The summed E-state index contributed by atoms with van der Waals surface area (Å²) in [5.41, 5.74) is 1.39. The van der Waals surface area contributed by atoms with E-state index in [1.807, 2.05) is 0 Å². The molecular formula is C44H53N3O16. The van der Waals surface area contributed by atoms with Crippen LogP contribution in [-0.4, -0.2) is 118 Å². The number of aromatic amines is 2. The second-order valence-corrected chi connectivity index (χ2v) is 14.6. The number of hydrogen-bond donors (Lipinski definition) is 4. The third-order valence-corrected chi connectivity index (χ3v) is 11.0. The summed E-state index contributed by atoms with van der Waals surface area (Å²) < 4.78 is 35.5. The lowest BCUT2D eigenvalue weighted by Gasteiger charge is -2.34. The molecule has 0 saturated carbocycles. The van der Waals surface area contributed by atoms with Gasteiger partial charge in [0.25, 0.3) is 0 Å². The van der Waals surface area contributed by atoms with Crippen LogP contribution in [0.2, 0.25) is 0 Å². The van der Waals surface area contributed by atoms with Crippen molar-refractivity contribution in [1.82, 2.24) is 15.3 Å². The number of aromatic carboxylic acids is 1. The van der Waals surface area contributed by atoms with E-state index in [-0.39, 0.29) is 105 Å². The Kier molecular flexibility index (Phi) is 17.8. The van der Waals surface area contributed by atoms with Crippen molar-refractivity contribution in [3.05, 3.63) is 92.1 Å². The minimum atomic E-state index is -1.41. The lowest BCUT2D eigenvalue weighted by molar-refractivity contribution is -0.141. The number of rotatable bonds is 23. The van der Waals surface area contributed by atoms with Crippen LogP contribution in [0.5, 0.6) is 0 Å². The van der Waals surface area contributed by atoms with Crippen molar-refractivity contribution in [2.45, 2.75) is 82.8 Å². The molecule has 3 heterocycles. The van der Waals surface area contributed by atoms with E-state index in [1.54, 1.807) is 30.3 Å². The Bertz CT molecular complexity index is 2220. The maximum absolute atomic E-state index is 14.0. The highest BCUT2D eigenvalue weighted by molar-refractivity contribution is 5.92. The quantitative estimate of drug-likeness (QED) is 0.0606. The minimum absolute atomic E-state index is 0.0466. The molecule has 1 unspecified atom stereocenters. The van der Waals surface area contributed by atoms with Gasteiger partial charge in [-0.25, -0.2) is 9.59 Å². The highest BCUT2D eigenvalue weighted by Crippen LogP contribution is 2.40. The number of carboxylic acids is 1. The van der Waals surface area contributed by atoms with E-state index < -0.39 is 66.1 Å². The van der Waals surface area contributed by atoms with Gasteiger partial charge in [0.05, 0.1) is 67.5 Å². The predicted molar refractivity (Wildman–Crippen MR) is 219 cm³/mol. The molecule has 63 heavy (non-hydrogen) atoms. The van der Waals surface area contributed by atoms with E-state index in [0.717, 1.165) is 0 Å². The van der Waals surface area contributed by atoms with E-state index in [0.29, 0.717) is 28.0 Å². The lowest BCUT2D eigenvalue weighted by atomic mass is 9.77. The van der Waals surface area contributed by atoms with Gasteiger partial charge in [-0.05, 0) is 52.7 Å².